The van der Waals surface area contributed by atoms with Gasteiger partial charge in [-0.05, 0) is 61.6 Å². The summed E-state index contributed by atoms with van der Waals surface area (Å²) < 4.78 is 13.6. The molecule has 2 aromatic rings. The Hall–Kier alpha value is -3.40. The van der Waals surface area contributed by atoms with Gasteiger partial charge in [0.2, 0.25) is 11.8 Å². The van der Waals surface area contributed by atoms with E-state index in [4.69, 9.17) is 0 Å². The number of hydrogen-bond acceptors (Lipinski definition) is 5. The standard InChI is InChI=1S/C26H29FN4O4S/c1-17(32)19-6-8-21(9-7-19)28-26(35)30-13-11-24(33)31-22(16-36-2)25(34)29(15-23(30)31)12-10-18-4-3-5-20(27)14-18/h3-9,14,22-23H,10-13,15-16H2,1-2H3,(H,28,35)/t22-,23-/m1/s1. The summed E-state index contributed by atoms with van der Waals surface area (Å²) in [7, 11) is 0. The maximum atomic E-state index is 13.6. The van der Waals surface area contributed by atoms with E-state index in [9.17, 15) is 23.6 Å². The van der Waals surface area contributed by atoms with E-state index in [-0.39, 0.29) is 49.0 Å². The van der Waals surface area contributed by atoms with Gasteiger partial charge in [0, 0.05) is 36.5 Å². The number of urea groups is 1. The van der Waals surface area contributed by atoms with Crippen LogP contribution in [-0.4, -0.2) is 82.2 Å². The first-order chi connectivity index (χ1) is 17.3. The van der Waals surface area contributed by atoms with Gasteiger partial charge in [-0.2, -0.15) is 11.8 Å². The topological polar surface area (TPSA) is 90.0 Å². The molecule has 4 amide bonds. The number of rotatable bonds is 7. The highest BCUT2D eigenvalue weighted by Crippen LogP contribution is 2.28. The number of halogens is 1. The Morgan fingerprint density at radius 2 is 1.89 bits per heavy atom. The molecule has 10 heteroatoms. The van der Waals surface area contributed by atoms with Gasteiger partial charge in [0.25, 0.3) is 0 Å². The number of Topliss-reactive ketones (excluding diaryl/α,β-unsaturated/α-hetero) is 1. The molecule has 2 aliphatic rings. The molecular weight excluding hydrogens is 483 g/mol. The van der Waals surface area contributed by atoms with Gasteiger partial charge in [-0.1, -0.05) is 12.1 Å². The number of fused-ring (bicyclic) bond motifs is 1. The lowest BCUT2D eigenvalue weighted by Gasteiger charge is -2.52. The van der Waals surface area contributed by atoms with Crippen LogP contribution in [0.5, 0.6) is 0 Å². The molecule has 36 heavy (non-hydrogen) atoms. The Kier molecular flexibility index (Phi) is 7.93. The van der Waals surface area contributed by atoms with Crippen LogP contribution in [0.1, 0.15) is 29.3 Å². The number of carbonyl (C=O) groups is 4. The van der Waals surface area contributed by atoms with E-state index in [1.165, 1.54) is 30.8 Å². The van der Waals surface area contributed by atoms with Crippen LogP contribution < -0.4 is 5.32 Å². The molecule has 2 aliphatic heterocycles. The second-order valence-electron chi connectivity index (χ2n) is 8.92. The summed E-state index contributed by atoms with van der Waals surface area (Å²) in [5.74, 6) is -0.289. The average Bonchev–Trinajstić information content (AvgIpc) is 2.85. The van der Waals surface area contributed by atoms with Crippen molar-refractivity contribution in [1.82, 2.24) is 14.7 Å². The van der Waals surface area contributed by atoms with Crippen LogP contribution in [0.2, 0.25) is 0 Å². The van der Waals surface area contributed by atoms with Gasteiger partial charge < -0.3 is 20.0 Å². The number of nitrogens with zero attached hydrogens (tertiary/aromatic N) is 3. The molecule has 0 spiro atoms. The first-order valence-corrected chi connectivity index (χ1v) is 13.2. The van der Waals surface area contributed by atoms with Crippen molar-refractivity contribution in [2.45, 2.75) is 32.0 Å². The number of amides is 4. The number of nitrogens with one attached hydrogen (secondary N) is 1. The second-order valence-corrected chi connectivity index (χ2v) is 9.83. The van der Waals surface area contributed by atoms with E-state index in [1.807, 2.05) is 12.3 Å². The number of thioether (sulfide) groups is 1. The lowest BCUT2D eigenvalue weighted by molar-refractivity contribution is -0.164. The van der Waals surface area contributed by atoms with Gasteiger partial charge in [0.15, 0.2) is 5.78 Å². The van der Waals surface area contributed by atoms with Crippen molar-refractivity contribution in [2.75, 3.05) is 37.0 Å². The molecular formula is C26H29FN4O4S. The number of anilines is 1. The van der Waals surface area contributed by atoms with Gasteiger partial charge in [0.05, 0.1) is 6.54 Å². The predicted molar refractivity (Wildman–Crippen MR) is 136 cm³/mol. The maximum Gasteiger partial charge on any atom is 0.323 e. The van der Waals surface area contributed by atoms with E-state index in [1.54, 1.807) is 45.0 Å². The molecule has 2 fully saturated rings. The Balaban J connectivity index is 1.54. The predicted octanol–water partition coefficient (Wildman–Crippen LogP) is 3.24. The first-order valence-electron chi connectivity index (χ1n) is 11.8. The molecule has 0 aromatic heterocycles. The average molecular weight is 513 g/mol. The van der Waals surface area contributed by atoms with Crippen LogP contribution in [-0.2, 0) is 16.0 Å². The molecule has 2 saturated heterocycles. The van der Waals surface area contributed by atoms with E-state index < -0.39 is 12.2 Å². The van der Waals surface area contributed by atoms with Gasteiger partial charge >= 0.3 is 6.03 Å². The summed E-state index contributed by atoms with van der Waals surface area (Å²) in [4.78, 5) is 55.9. The molecule has 2 aromatic carbocycles. The third-order valence-electron chi connectivity index (χ3n) is 6.54. The van der Waals surface area contributed by atoms with Crippen molar-refractivity contribution in [2.24, 2.45) is 0 Å². The number of benzene rings is 2. The van der Waals surface area contributed by atoms with Crippen molar-refractivity contribution in [3.63, 3.8) is 0 Å². The number of hydrogen-bond donors (Lipinski definition) is 1. The molecule has 190 valence electrons. The van der Waals surface area contributed by atoms with Crippen molar-refractivity contribution >= 4 is 41.1 Å². The highest BCUT2D eigenvalue weighted by Gasteiger charge is 2.48. The van der Waals surface area contributed by atoms with Gasteiger partial charge in [-0.15, -0.1) is 0 Å². The SMILES string of the molecule is CSC[C@@H]1C(=O)N(CCc2cccc(F)c2)C[C@@H]2N(C(=O)Nc3ccc(C(C)=O)cc3)CCC(=O)N12. The molecule has 2 atom stereocenters. The van der Waals surface area contributed by atoms with Crippen LogP contribution in [0.4, 0.5) is 14.9 Å². The monoisotopic (exact) mass is 512 g/mol. The third-order valence-corrected chi connectivity index (χ3v) is 7.19. The molecule has 1 N–H and O–H groups in total. The van der Waals surface area contributed by atoms with Crippen LogP contribution in [0, 0.1) is 5.82 Å². The summed E-state index contributed by atoms with van der Waals surface area (Å²) >= 11 is 1.47. The van der Waals surface area contributed by atoms with E-state index in [2.05, 4.69) is 5.32 Å². The largest absolute Gasteiger partial charge is 0.337 e. The fraction of sp³-hybridized carbons (Fsp3) is 0.385. The minimum atomic E-state index is -0.677. The second kappa shape index (κ2) is 11.1. The van der Waals surface area contributed by atoms with Crippen molar-refractivity contribution in [3.8, 4) is 0 Å². The number of carbonyl (C=O) groups excluding carboxylic acids is 4. The highest BCUT2D eigenvalue weighted by molar-refractivity contribution is 7.98. The van der Waals surface area contributed by atoms with Crippen molar-refractivity contribution in [3.05, 3.63) is 65.5 Å². The molecule has 2 heterocycles. The fourth-order valence-corrected chi connectivity index (χ4v) is 5.30. The summed E-state index contributed by atoms with van der Waals surface area (Å²) in [6.07, 6.45) is 1.86. The Morgan fingerprint density at radius 3 is 2.56 bits per heavy atom. The smallest absolute Gasteiger partial charge is 0.323 e. The zero-order valence-corrected chi connectivity index (χ0v) is 21.1. The molecule has 0 bridgehead atoms. The number of ketones is 1. The van der Waals surface area contributed by atoms with Gasteiger partial charge in [0.1, 0.15) is 18.0 Å². The van der Waals surface area contributed by atoms with E-state index >= 15 is 0 Å². The molecule has 8 nitrogen and oxygen atoms in total. The molecule has 0 unspecified atom stereocenters. The number of piperazine rings is 1. The molecule has 0 radical (unpaired) electrons. The summed E-state index contributed by atoms with van der Waals surface area (Å²) in [6, 6.07) is 11.8. The molecule has 0 aliphatic carbocycles. The lowest BCUT2D eigenvalue weighted by Crippen LogP contribution is -2.72. The zero-order chi connectivity index (χ0) is 25.8. The Labute approximate surface area is 213 Å². The first kappa shape index (κ1) is 25.7. The summed E-state index contributed by atoms with van der Waals surface area (Å²) in [6.45, 7) is 2.24. The Bertz CT molecular complexity index is 1160. The van der Waals surface area contributed by atoms with Crippen molar-refractivity contribution in [1.29, 1.82) is 0 Å². The summed E-state index contributed by atoms with van der Waals surface area (Å²) in [5, 5.41) is 2.85. The van der Waals surface area contributed by atoms with Gasteiger partial charge in [-0.3, -0.25) is 14.4 Å². The maximum absolute atomic E-state index is 13.6. The van der Waals surface area contributed by atoms with Crippen LogP contribution >= 0.6 is 11.8 Å². The van der Waals surface area contributed by atoms with Crippen LogP contribution in [0.15, 0.2) is 48.5 Å². The normalized spacial score (nSPS) is 19.8. The van der Waals surface area contributed by atoms with E-state index in [0.29, 0.717) is 30.0 Å². The molecule has 4 rings (SSSR count). The fourth-order valence-electron chi connectivity index (χ4n) is 4.68. The highest BCUT2D eigenvalue weighted by atomic mass is 32.2. The Morgan fingerprint density at radius 1 is 1.14 bits per heavy atom. The van der Waals surface area contributed by atoms with Crippen molar-refractivity contribution < 1.29 is 23.6 Å². The van der Waals surface area contributed by atoms with E-state index in [0.717, 1.165) is 5.56 Å². The lowest BCUT2D eigenvalue weighted by atomic mass is 10.0. The minimum absolute atomic E-state index is 0.0666. The summed E-state index contributed by atoms with van der Waals surface area (Å²) in [5.41, 5.74) is 1.85. The van der Waals surface area contributed by atoms with Crippen LogP contribution in [0.3, 0.4) is 0 Å². The van der Waals surface area contributed by atoms with Gasteiger partial charge in [-0.25, -0.2) is 9.18 Å². The minimum Gasteiger partial charge on any atom is -0.337 e. The quantitative estimate of drug-likeness (QED) is 0.576. The zero-order valence-electron chi connectivity index (χ0n) is 20.3. The molecule has 0 saturated carbocycles. The van der Waals surface area contributed by atoms with Crippen LogP contribution in [0.25, 0.3) is 0 Å². The third kappa shape index (κ3) is 5.53.